The highest BCUT2D eigenvalue weighted by molar-refractivity contribution is 5.34. The molecule has 0 aromatic heterocycles. The third-order valence-corrected chi connectivity index (χ3v) is 1.28. The van der Waals surface area contributed by atoms with Crippen LogP contribution in [0.3, 0.4) is 0 Å². The van der Waals surface area contributed by atoms with E-state index in [1.54, 1.807) is 0 Å². The van der Waals surface area contributed by atoms with E-state index in [4.69, 9.17) is 9.84 Å². The predicted molar refractivity (Wildman–Crippen MR) is 41.6 cm³/mol. The van der Waals surface area contributed by atoms with Gasteiger partial charge < -0.3 is 15.6 Å². The number of benzene rings is 1. The van der Waals surface area contributed by atoms with Gasteiger partial charge in [-0.05, 0) is 12.1 Å². The molecule has 0 heterocycles. The maximum absolute atomic E-state index is 8.44. The first-order valence-electron chi connectivity index (χ1n) is 3.48. The first kappa shape index (κ1) is 8.04. The van der Waals surface area contributed by atoms with Gasteiger partial charge in [0.2, 0.25) is 0 Å². The summed E-state index contributed by atoms with van der Waals surface area (Å²) in [7, 11) is 0. The van der Waals surface area contributed by atoms with E-state index < -0.39 is 0 Å². The van der Waals surface area contributed by atoms with E-state index >= 15 is 0 Å². The highest BCUT2D eigenvalue weighted by Gasteiger charge is 1.92. The van der Waals surface area contributed by atoms with Crippen molar-refractivity contribution >= 4 is 5.69 Å². The van der Waals surface area contributed by atoms with Gasteiger partial charge in [0, 0.05) is 12.1 Å². The molecule has 1 rings (SSSR count). The smallest absolute Gasteiger partial charge is 0.128 e. The van der Waals surface area contributed by atoms with Crippen LogP contribution in [0.2, 0.25) is 0 Å². The number of hydrogen-bond donors (Lipinski definition) is 2. The number of aliphatic hydroxyl groups excluding tert-OH is 1. The summed E-state index contributed by atoms with van der Waals surface area (Å²) in [4.78, 5) is 0. The van der Waals surface area contributed by atoms with Crippen LogP contribution in [-0.4, -0.2) is 18.3 Å². The van der Waals surface area contributed by atoms with Gasteiger partial charge in [-0.3, -0.25) is 0 Å². The number of ether oxygens (including phenoxy) is 1. The van der Waals surface area contributed by atoms with Gasteiger partial charge >= 0.3 is 0 Å². The maximum Gasteiger partial charge on any atom is 0.128 e. The topological polar surface area (TPSA) is 57.1 Å². The summed E-state index contributed by atoms with van der Waals surface area (Å²) >= 11 is 0. The number of rotatable bonds is 3. The SMILES string of the molecule is [NH3+]c1ccc(OCCO)cc1. The van der Waals surface area contributed by atoms with Gasteiger partial charge in [0.1, 0.15) is 18.0 Å². The van der Waals surface area contributed by atoms with Crippen LogP contribution in [-0.2, 0) is 0 Å². The first-order valence-corrected chi connectivity index (χ1v) is 3.48. The largest absolute Gasteiger partial charge is 0.491 e. The lowest BCUT2D eigenvalue weighted by molar-refractivity contribution is -0.254. The second-order valence-electron chi connectivity index (χ2n) is 2.22. The molecule has 0 aliphatic carbocycles. The molecule has 3 nitrogen and oxygen atoms in total. The van der Waals surface area contributed by atoms with Gasteiger partial charge in [-0.25, -0.2) is 0 Å². The number of quaternary nitrogens is 1. The lowest BCUT2D eigenvalue weighted by atomic mass is 10.3. The molecule has 0 aliphatic rings. The maximum atomic E-state index is 8.44. The Balaban J connectivity index is 2.52. The van der Waals surface area contributed by atoms with E-state index in [2.05, 4.69) is 5.73 Å². The summed E-state index contributed by atoms with van der Waals surface area (Å²) in [5.74, 6) is 0.770. The molecule has 1 aromatic carbocycles. The Kier molecular flexibility index (Phi) is 2.89. The van der Waals surface area contributed by atoms with E-state index in [-0.39, 0.29) is 6.61 Å². The van der Waals surface area contributed by atoms with Gasteiger partial charge in [-0.1, -0.05) is 0 Å². The molecule has 4 N–H and O–H groups in total. The Hall–Kier alpha value is -1.06. The van der Waals surface area contributed by atoms with Crippen molar-refractivity contribution in [1.82, 2.24) is 0 Å². The van der Waals surface area contributed by atoms with Crippen molar-refractivity contribution in [3.8, 4) is 5.75 Å². The Morgan fingerprint density at radius 2 is 1.91 bits per heavy atom. The molecule has 0 saturated carbocycles. The minimum Gasteiger partial charge on any atom is -0.491 e. The van der Waals surface area contributed by atoms with Crippen LogP contribution in [0.1, 0.15) is 0 Å². The minimum absolute atomic E-state index is 0.0477. The van der Waals surface area contributed by atoms with Crippen molar-refractivity contribution in [3.05, 3.63) is 24.3 Å². The summed E-state index contributed by atoms with van der Waals surface area (Å²) in [6.45, 7) is 0.391. The highest BCUT2D eigenvalue weighted by Crippen LogP contribution is 2.11. The van der Waals surface area contributed by atoms with Crippen LogP contribution in [0.25, 0.3) is 0 Å². The standard InChI is InChI=1S/C8H11NO2/c9-7-1-3-8(4-2-7)11-6-5-10/h1-4,10H,5-6,9H2/p+1. The van der Waals surface area contributed by atoms with Crippen molar-refractivity contribution in [1.29, 1.82) is 0 Å². The number of hydrogen-bond acceptors (Lipinski definition) is 2. The van der Waals surface area contributed by atoms with Gasteiger partial charge in [-0.2, -0.15) is 0 Å². The van der Waals surface area contributed by atoms with E-state index in [0.29, 0.717) is 6.61 Å². The molecule has 60 valence electrons. The summed E-state index contributed by atoms with van der Waals surface area (Å²) in [5.41, 5.74) is 4.70. The van der Waals surface area contributed by atoms with E-state index in [1.807, 2.05) is 24.3 Å². The van der Waals surface area contributed by atoms with Gasteiger partial charge in [0.05, 0.1) is 6.61 Å². The Morgan fingerprint density at radius 3 is 2.45 bits per heavy atom. The van der Waals surface area contributed by atoms with E-state index in [9.17, 15) is 0 Å². The molecule has 0 atom stereocenters. The van der Waals surface area contributed by atoms with E-state index in [0.717, 1.165) is 11.4 Å². The Labute approximate surface area is 65.4 Å². The summed E-state index contributed by atoms with van der Waals surface area (Å²) in [6, 6.07) is 7.40. The van der Waals surface area contributed by atoms with E-state index in [1.165, 1.54) is 0 Å². The fourth-order valence-electron chi connectivity index (χ4n) is 0.749. The molecule has 0 bridgehead atoms. The van der Waals surface area contributed by atoms with Crippen LogP contribution >= 0.6 is 0 Å². The molecule has 0 fully saturated rings. The zero-order valence-corrected chi connectivity index (χ0v) is 6.29. The van der Waals surface area contributed by atoms with Crippen molar-refractivity contribution in [2.45, 2.75) is 0 Å². The summed E-state index contributed by atoms with van der Waals surface area (Å²) in [6.07, 6.45) is 0. The van der Waals surface area contributed by atoms with Crippen molar-refractivity contribution in [2.24, 2.45) is 0 Å². The molecule has 0 saturated heterocycles. The van der Waals surface area contributed by atoms with Crippen LogP contribution in [0, 0.1) is 0 Å². The van der Waals surface area contributed by atoms with Gasteiger partial charge in [0.25, 0.3) is 0 Å². The van der Waals surface area contributed by atoms with Crippen molar-refractivity contribution < 1.29 is 15.6 Å². The normalized spacial score (nSPS) is 9.64. The molecule has 3 heteroatoms. The monoisotopic (exact) mass is 154 g/mol. The molecule has 0 amide bonds. The Bertz CT molecular complexity index is 208. The first-order chi connectivity index (χ1) is 5.33. The van der Waals surface area contributed by atoms with Crippen LogP contribution in [0.15, 0.2) is 24.3 Å². The fraction of sp³-hybridized carbons (Fsp3) is 0.250. The van der Waals surface area contributed by atoms with Crippen molar-refractivity contribution in [2.75, 3.05) is 13.2 Å². The average Bonchev–Trinajstić information content (AvgIpc) is 2.04. The molecular weight excluding hydrogens is 142 g/mol. The highest BCUT2D eigenvalue weighted by atomic mass is 16.5. The predicted octanol–water partition coefficient (Wildman–Crippen LogP) is -0.0689. The fourth-order valence-corrected chi connectivity index (χ4v) is 0.749. The average molecular weight is 154 g/mol. The van der Waals surface area contributed by atoms with Gasteiger partial charge in [-0.15, -0.1) is 0 Å². The minimum atomic E-state index is 0.0477. The molecule has 0 unspecified atom stereocenters. The lowest BCUT2D eigenvalue weighted by Gasteiger charge is -2.01. The van der Waals surface area contributed by atoms with Crippen molar-refractivity contribution in [3.63, 3.8) is 0 Å². The molecule has 0 radical (unpaired) electrons. The third-order valence-electron chi connectivity index (χ3n) is 1.28. The molecule has 0 aliphatic heterocycles. The van der Waals surface area contributed by atoms with Crippen LogP contribution < -0.4 is 10.5 Å². The summed E-state index contributed by atoms with van der Waals surface area (Å²) < 4.78 is 5.13. The van der Waals surface area contributed by atoms with Crippen LogP contribution in [0.4, 0.5) is 5.69 Å². The zero-order valence-electron chi connectivity index (χ0n) is 6.29. The van der Waals surface area contributed by atoms with Gasteiger partial charge in [0.15, 0.2) is 0 Å². The number of aliphatic hydroxyl groups is 1. The quantitative estimate of drug-likeness (QED) is 0.640. The third kappa shape index (κ3) is 2.57. The Morgan fingerprint density at radius 1 is 1.27 bits per heavy atom. The molecule has 0 spiro atoms. The second-order valence-corrected chi connectivity index (χ2v) is 2.22. The molecule has 11 heavy (non-hydrogen) atoms. The van der Waals surface area contributed by atoms with Crippen LogP contribution in [0.5, 0.6) is 5.75 Å². The second kappa shape index (κ2) is 3.95. The molecular formula is C8H12NO2+. The lowest BCUT2D eigenvalue weighted by Crippen LogP contribution is -2.39. The zero-order chi connectivity index (χ0) is 8.10. The summed E-state index contributed by atoms with van der Waals surface area (Å²) in [5, 5.41) is 8.44. The molecule has 1 aromatic rings.